The van der Waals surface area contributed by atoms with Crippen molar-refractivity contribution in [2.24, 2.45) is 0 Å². The summed E-state index contributed by atoms with van der Waals surface area (Å²) in [7, 11) is 0. The van der Waals surface area contributed by atoms with Gasteiger partial charge < -0.3 is 5.32 Å². The molecule has 0 aliphatic carbocycles. The number of carbonyl (C=O) groups excluding carboxylic acids is 1. The molecule has 0 aliphatic heterocycles. The lowest BCUT2D eigenvalue weighted by molar-refractivity contribution is 0.102. The Morgan fingerprint density at radius 3 is 2.55 bits per heavy atom. The fraction of sp³-hybridized carbons (Fsp3) is 0. The monoisotopic (exact) mass is 327 g/mol. The third-order valence-corrected chi connectivity index (χ3v) is 3.37. The molecule has 0 saturated carbocycles. The topological polar surface area (TPSA) is 54.9 Å². The number of hydrogen-bond donors (Lipinski definition) is 1. The number of benzene rings is 2. The number of fused-ring (bicyclic) bond motifs is 1. The minimum atomic E-state index is -0.196. The number of para-hydroxylation sites is 1. The molecule has 1 heterocycles. The summed E-state index contributed by atoms with van der Waals surface area (Å²) < 4.78 is 0.964. The molecule has 4 nitrogen and oxygen atoms in total. The van der Waals surface area contributed by atoms with Crippen LogP contribution in [0.15, 0.2) is 59.3 Å². The first kappa shape index (κ1) is 12.7. The Morgan fingerprint density at radius 1 is 1.00 bits per heavy atom. The van der Waals surface area contributed by atoms with E-state index in [0.717, 1.165) is 10.2 Å². The van der Waals surface area contributed by atoms with E-state index in [9.17, 15) is 4.79 Å². The average molecular weight is 328 g/mol. The maximum atomic E-state index is 12.3. The van der Waals surface area contributed by atoms with Crippen molar-refractivity contribution in [2.45, 2.75) is 0 Å². The van der Waals surface area contributed by atoms with Crippen molar-refractivity contribution >= 4 is 38.6 Å². The van der Waals surface area contributed by atoms with Gasteiger partial charge in [0.05, 0.1) is 11.1 Å². The zero-order chi connectivity index (χ0) is 13.9. The Morgan fingerprint density at radius 2 is 1.75 bits per heavy atom. The van der Waals surface area contributed by atoms with Gasteiger partial charge in [-0.2, -0.15) is 0 Å². The van der Waals surface area contributed by atoms with Crippen molar-refractivity contribution in [1.82, 2.24) is 9.97 Å². The first-order valence-electron chi connectivity index (χ1n) is 6.01. The van der Waals surface area contributed by atoms with Gasteiger partial charge in [0.25, 0.3) is 5.91 Å². The molecule has 1 aromatic heterocycles. The van der Waals surface area contributed by atoms with Crippen molar-refractivity contribution in [3.63, 3.8) is 0 Å². The van der Waals surface area contributed by atoms with Crippen LogP contribution >= 0.6 is 15.9 Å². The maximum Gasteiger partial charge on any atom is 0.257 e. The summed E-state index contributed by atoms with van der Waals surface area (Å²) in [5.41, 5.74) is 2.55. The number of nitrogens with one attached hydrogen (secondary N) is 1. The molecule has 0 atom stereocenters. The van der Waals surface area contributed by atoms with Crippen LogP contribution in [0.5, 0.6) is 0 Å². The van der Waals surface area contributed by atoms with E-state index in [1.54, 1.807) is 24.5 Å². The molecule has 3 aromatic rings. The van der Waals surface area contributed by atoms with Gasteiger partial charge in [0.2, 0.25) is 0 Å². The van der Waals surface area contributed by atoms with Crippen LogP contribution < -0.4 is 5.32 Å². The highest BCUT2D eigenvalue weighted by Gasteiger charge is 2.11. The standard InChI is InChI=1S/C15H10BrN3O/c16-10-4-6-11(7-5-10)19-15(20)12-2-1-3-13-14(12)18-9-8-17-13/h1-9H,(H,19,20). The molecule has 0 fully saturated rings. The Hall–Kier alpha value is -2.27. The number of anilines is 1. The van der Waals surface area contributed by atoms with Gasteiger partial charge in [0.15, 0.2) is 0 Å². The molecular formula is C15H10BrN3O. The molecule has 0 aliphatic rings. The van der Waals surface area contributed by atoms with Gasteiger partial charge in [0.1, 0.15) is 5.52 Å². The largest absolute Gasteiger partial charge is 0.322 e. The molecule has 0 radical (unpaired) electrons. The highest BCUT2D eigenvalue weighted by atomic mass is 79.9. The number of hydrogen-bond acceptors (Lipinski definition) is 3. The van der Waals surface area contributed by atoms with Crippen LogP contribution in [0.4, 0.5) is 5.69 Å². The van der Waals surface area contributed by atoms with E-state index in [4.69, 9.17) is 0 Å². The van der Waals surface area contributed by atoms with E-state index in [1.165, 1.54) is 0 Å². The number of amides is 1. The van der Waals surface area contributed by atoms with Crippen LogP contribution in [0, 0.1) is 0 Å². The second kappa shape index (κ2) is 5.38. The van der Waals surface area contributed by atoms with Crippen LogP contribution in [0.3, 0.4) is 0 Å². The zero-order valence-corrected chi connectivity index (χ0v) is 12.0. The molecule has 0 saturated heterocycles. The SMILES string of the molecule is O=C(Nc1ccc(Br)cc1)c1cccc2nccnc12. The van der Waals surface area contributed by atoms with E-state index in [-0.39, 0.29) is 5.91 Å². The minimum Gasteiger partial charge on any atom is -0.322 e. The van der Waals surface area contributed by atoms with Gasteiger partial charge in [-0.3, -0.25) is 14.8 Å². The Kier molecular flexibility index (Phi) is 3.43. The number of rotatable bonds is 2. The lowest BCUT2D eigenvalue weighted by atomic mass is 10.1. The highest BCUT2D eigenvalue weighted by molar-refractivity contribution is 9.10. The van der Waals surface area contributed by atoms with Crippen molar-refractivity contribution in [2.75, 3.05) is 5.32 Å². The molecular weight excluding hydrogens is 318 g/mol. The molecule has 0 bridgehead atoms. The van der Waals surface area contributed by atoms with Crippen molar-refractivity contribution in [3.8, 4) is 0 Å². The maximum absolute atomic E-state index is 12.3. The number of carbonyl (C=O) groups is 1. The Balaban J connectivity index is 1.94. The van der Waals surface area contributed by atoms with Gasteiger partial charge in [-0.15, -0.1) is 0 Å². The van der Waals surface area contributed by atoms with Crippen molar-refractivity contribution < 1.29 is 4.79 Å². The van der Waals surface area contributed by atoms with Gasteiger partial charge in [-0.05, 0) is 36.4 Å². The smallest absolute Gasteiger partial charge is 0.257 e. The Labute approximate surface area is 124 Å². The second-order valence-corrected chi connectivity index (χ2v) is 5.11. The van der Waals surface area contributed by atoms with Crippen molar-refractivity contribution in [1.29, 1.82) is 0 Å². The van der Waals surface area contributed by atoms with Crippen LogP contribution in [-0.2, 0) is 0 Å². The summed E-state index contributed by atoms with van der Waals surface area (Å²) in [5.74, 6) is -0.196. The number of nitrogens with zero attached hydrogens (tertiary/aromatic N) is 2. The zero-order valence-electron chi connectivity index (χ0n) is 10.4. The van der Waals surface area contributed by atoms with E-state index < -0.39 is 0 Å². The Bertz CT molecular complexity index is 766. The van der Waals surface area contributed by atoms with E-state index in [1.807, 2.05) is 30.3 Å². The first-order chi connectivity index (χ1) is 9.74. The second-order valence-electron chi connectivity index (χ2n) is 4.19. The molecule has 0 spiro atoms. The summed E-state index contributed by atoms with van der Waals surface area (Å²) in [5, 5.41) is 2.85. The fourth-order valence-corrected chi connectivity index (χ4v) is 2.17. The molecule has 20 heavy (non-hydrogen) atoms. The quantitative estimate of drug-likeness (QED) is 0.781. The van der Waals surface area contributed by atoms with E-state index in [0.29, 0.717) is 16.6 Å². The predicted molar refractivity (Wildman–Crippen MR) is 81.6 cm³/mol. The van der Waals surface area contributed by atoms with Gasteiger partial charge in [0, 0.05) is 22.6 Å². The van der Waals surface area contributed by atoms with Crippen molar-refractivity contribution in [3.05, 3.63) is 64.9 Å². The molecule has 98 valence electrons. The lowest BCUT2D eigenvalue weighted by Crippen LogP contribution is -2.12. The molecule has 5 heteroatoms. The first-order valence-corrected chi connectivity index (χ1v) is 6.80. The third kappa shape index (κ3) is 2.53. The minimum absolute atomic E-state index is 0.196. The summed E-state index contributed by atoms with van der Waals surface area (Å²) in [6.45, 7) is 0. The number of halogens is 1. The van der Waals surface area contributed by atoms with Crippen LogP contribution in [-0.4, -0.2) is 15.9 Å². The molecule has 1 N–H and O–H groups in total. The summed E-state index contributed by atoms with van der Waals surface area (Å²) in [6.07, 6.45) is 3.19. The van der Waals surface area contributed by atoms with E-state index >= 15 is 0 Å². The fourth-order valence-electron chi connectivity index (χ4n) is 1.91. The lowest BCUT2D eigenvalue weighted by Gasteiger charge is -2.07. The molecule has 2 aromatic carbocycles. The highest BCUT2D eigenvalue weighted by Crippen LogP contribution is 2.18. The molecule has 0 unspecified atom stereocenters. The average Bonchev–Trinajstić information content (AvgIpc) is 2.49. The van der Waals surface area contributed by atoms with Gasteiger partial charge in [-0.1, -0.05) is 22.0 Å². The summed E-state index contributed by atoms with van der Waals surface area (Å²) in [6, 6.07) is 12.8. The van der Waals surface area contributed by atoms with Crippen LogP contribution in [0.2, 0.25) is 0 Å². The third-order valence-electron chi connectivity index (χ3n) is 2.85. The van der Waals surface area contributed by atoms with Gasteiger partial charge in [-0.25, -0.2) is 0 Å². The number of aromatic nitrogens is 2. The normalized spacial score (nSPS) is 10.4. The summed E-state index contributed by atoms with van der Waals surface area (Å²) >= 11 is 3.36. The predicted octanol–water partition coefficient (Wildman–Crippen LogP) is 3.64. The van der Waals surface area contributed by atoms with Gasteiger partial charge >= 0.3 is 0 Å². The molecule has 3 rings (SSSR count). The summed E-state index contributed by atoms with van der Waals surface area (Å²) in [4.78, 5) is 20.7. The molecule has 1 amide bonds. The van der Waals surface area contributed by atoms with Crippen LogP contribution in [0.1, 0.15) is 10.4 Å². The van der Waals surface area contributed by atoms with Crippen LogP contribution in [0.25, 0.3) is 11.0 Å². The van der Waals surface area contributed by atoms with E-state index in [2.05, 4.69) is 31.2 Å².